The topological polar surface area (TPSA) is 85.5 Å². The van der Waals surface area contributed by atoms with E-state index in [-0.39, 0.29) is 11.0 Å². The summed E-state index contributed by atoms with van der Waals surface area (Å²) in [4.78, 5) is 4.40. The van der Waals surface area contributed by atoms with E-state index in [9.17, 15) is 8.42 Å². The lowest BCUT2D eigenvalue weighted by Gasteiger charge is -2.37. The molecular weight excluding hydrogens is 306 g/mol. The lowest BCUT2D eigenvalue weighted by atomic mass is 10.2. The third-order valence-electron chi connectivity index (χ3n) is 3.53. The monoisotopic (exact) mass is 323 g/mol. The van der Waals surface area contributed by atoms with Crippen LogP contribution in [0.4, 0.5) is 0 Å². The van der Waals surface area contributed by atoms with E-state index in [4.69, 9.17) is 9.26 Å². The summed E-state index contributed by atoms with van der Waals surface area (Å²) in [7, 11) is -3.58. The maximum atomic E-state index is 12.5. The van der Waals surface area contributed by atoms with Gasteiger partial charge in [-0.2, -0.15) is 4.31 Å². The van der Waals surface area contributed by atoms with Gasteiger partial charge in [-0.25, -0.2) is 13.4 Å². The smallest absolute Gasteiger partial charge is 0.248 e. The van der Waals surface area contributed by atoms with Crippen molar-refractivity contribution in [2.24, 2.45) is 0 Å². The summed E-state index contributed by atoms with van der Waals surface area (Å²) < 4.78 is 37.0. The molecule has 2 aromatic rings. The Morgan fingerprint density at radius 2 is 2.00 bits per heavy atom. The first-order chi connectivity index (χ1) is 10.4. The van der Waals surface area contributed by atoms with Crippen LogP contribution in [0.5, 0.6) is 5.88 Å². The fraction of sp³-hybridized carbons (Fsp3) is 0.429. The van der Waals surface area contributed by atoms with Gasteiger partial charge in [0.05, 0.1) is 13.1 Å². The molecule has 2 aromatic heterocycles. The van der Waals surface area contributed by atoms with Gasteiger partial charge < -0.3 is 9.26 Å². The quantitative estimate of drug-likeness (QED) is 0.846. The van der Waals surface area contributed by atoms with Crippen molar-refractivity contribution < 1.29 is 17.7 Å². The highest BCUT2D eigenvalue weighted by Crippen LogP contribution is 2.28. The van der Waals surface area contributed by atoms with Crippen molar-refractivity contribution in [1.82, 2.24) is 14.4 Å². The second-order valence-electron chi connectivity index (χ2n) is 5.33. The Morgan fingerprint density at radius 1 is 1.27 bits per heavy atom. The summed E-state index contributed by atoms with van der Waals surface area (Å²) in [6.45, 7) is 5.68. The van der Waals surface area contributed by atoms with Crippen molar-refractivity contribution in [3.8, 4) is 5.88 Å². The largest absolute Gasteiger partial charge is 0.472 e. The van der Waals surface area contributed by atoms with Crippen molar-refractivity contribution in [3.05, 3.63) is 35.3 Å². The Labute approximate surface area is 128 Å². The molecule has 0 bridgehead atoms. The molecule has 1 fully saturated rings. The van der Waals surface area contributed by atoms with E-state index in [1.807, 2.05) is 19.1 Å². The Hall–Kier alpha value is -1.93. The van der Waals surface area contributed by atoms with Gasteiger partial charge in [0.1, 0.15) is 16.7 Å². The Morgan fingerprint density at radius 3 is 2.59 bits per heavy atom. The number of rotatable bonds is 4. The molecular formula is C14H17N3O4S. The van der Waals surface area contributed by atoms with Crippen LogP contribution in [0.15, 0.2) is 27.6 Å². The van der Waals surface area contributed by atoms with Crippen LogP contribution in [0.2, 0.25) is 0 Å². The number of aromatic nitrogens is 2. The molecule has 0 spiro atoms. The number of hydrogen-bond acceptors (Lipinski definition) is 6. The van der Waals surface area contributed by atoms with Gasteiger partial charge in [-0.3, -0.25) is 0 Å². The highest BCUT2D eigenvalue weighted by Gasteiger charge is 2.41. The maximum Gasteiger partial charge on any atom is 0.248 e. The molecule has 0 unspecified atom stereocenters. The van der Waals surface area contributed by atoms with Crippen molar-refractivity contribution in [3.63, 3.8) is 0 Å². The zero-order valence-corrected chi connectivity index (χ0v) is 13.4. The molecule has 0 amide bonds. The highest BCUT2D eigenvalue weighted by atomic mass is 32.2. The molecule has 0 aliphatic carbocycles. The molecule has 0 saturated carbocycles. The van der Waals surface area contributed by atoms with E-state index in [0.717, 1.165) is 5.69 Å². The summed E-state index contributed by atoms with van der Waals surface area (Å²) in [5, 5.41) is 3.70. The summed E-state index contributed by atoms with van der Waals surface area (Å²) in [5.41, 5.74) is 1.24. The molecule has 3 rings (SSSR count). The molecule has 1 aliphatic rings. The van der Waals surface area contributed by atoms with Crippen molar-refractivity contribution >= 4 is 10.0 Å². The van der Waals surface area contributed by atoms with Gasteiger partial charge in [-0.15, -0.1) is 0 Å². The molecule has 22 heavy (non-hydrogen) atoms. The Bertz CT molecular complexity index is 775. The lowest BCUT2D eigenvalue weighted by molar-refractivity contribution is 0.0719. The SMILES string of the molecule is Cc1cccc(OC2CN(S(=O)(=O)c3c(C)noc3C)C2)n1. The number of pyridine rings is 1. The van der Waals surface area contributed by atoms with E-state index in [0.29, 0.717) is 30.4 Å². The molecule has 0 N–H and O–H groups in total. The van der Waals surface area contributed by atoms with Gasteiger partial charge in [0.25, 0.3) is 0 Å². The summed E-state index contributed by atoms with van der Waals surface area (Å²) in [6.07, 6.45) is -0.190. The molecule has 3 heterocycles. The predicted octanol–water partition coefficient (Wildman–Crippen LogP) is 1.45. The molecule has 0 aromatic carbocycles. The predicted molar refractivity (Wildman–Crippen MR) is 78.1 cm³/mol. The highest BCUT2D eigenvalue weighted by molar-refractivity contribution is 7.89. The van der Waals surface area contributed by atoms with E-state index >= 15 is 0 Å². The third-order valence-corrected chi connectivity index (χ3v) is 5.61. The molecule has 1 aliphatic heterocycles. The molecule has 7 nitrogen and oxygen atoms in total. The fourth-order valence-corrected chi connectivity index (χ4v) is 4.19. The van der Waals surface area contributed by atoms with Gasteiger partial charge in [-0.05, 0) is 26.8 Å². The molecule has 8 heteroatoms. The zero-order chi connectivity index (χ0) is 15.9. The maximum absolute atomic E-state index is 12.5. The first kappa shape index (κ1) is 15.0. The average molecular weight is 323 g/mol. The lowest BCUT2D eigenvalue weighted by Crippen LogP contribution is -2.56. The molecule has 1 saturated heterocycles. The van der Waals surface area contributed by atoms with Crippen LogP contribution in [0.25, 0.3) is 0 Å². The van der Waals surface area contributed by atoms with Gasteiger partial charge in [0.2, 0.25) is 15.9 Å². The van der Waals surface area contributed by atoms with E-state index in [2.05, 4.69) is 10.1 Å². The van der Waals surface area contributed by atoms with E-state index in [1.54, 1.807) is 19.9 Å². The third kappa shape index (κ3) is 2.59. The van der Waals surface area contributed by atoms with Crippen LogP contribution < -0.4 is 4.74 Å². The number of hydrogen-bond donors (Lipinski definition) is 0. The van der Waals surface area contributed by atoms with E-state index in [1.165, 1.54) is 4.31 Å². The first-order valence-corrected chi connectivity index (χ1v) is 8.35. The Kier molecular flexibility index (Phi) is 3.65. The Balaban J connectivity index is 1.68. The summed E-state index contributed by atoms with van der Waals surface area (Å²) in [6, 6.07) is 5.50. The molecule has 118 valence electrons. The van der Waals surface area contributed by atoms with Gasteiger partial charge in [0, 0.05) is 11.8 Å². The van der Waals surface area contributed by atoms with Crippen LogP contribution in [-0.2, 0) is 10.0 Å². The van der Waals surface area contributed by atoms with Crippen LogP contribution in [0.1, 0.15) is 17.1 Å². The second kappa shape index (κ2) is 5.36. The first-order valence-electron chi connectivity index (χ1n) is 6.91. The fourth-order valence-electron chi connectivity index (χ4n) is 2.40. The standard InChI is InChI=1S/C14H17N3O4S/c1-9-5-4-6-13(15-9)20-12-7-17(8-12)22(18,19)14-10(2)16-21-11(14)3/h4-6,12H,7-8H2,1-3H3. The molecule has 0 atom stereocenters. The number of aryl methyl sites for hydroxylation is 3. The van der Waals surface area contributed by atoms with Gasteiger partial charge in [-0.1, -0.05) is 11.2 Å². The number of ether oxygens (including phenoxy) is 1. The molecule has 0 radical (unpaired) electrons. The van der Waals surface area contributed by atoms with Crippen molar-refractivity contribution in [1.29, 1.82) is 0 Å². The van der Waals surface area contributed by atoms with Crippen LogP contribution in [0, 0.1) is 20.8 Å². The summed E-state index contributed by atoms with van der Waals surface area (Å²) >= 11 is 0. The normalized spacial score (nSPS) is 16.5. The second-order valence-corrected chi connectivity index (χ2v) is 7.21. The van der Waals surface area contributed by atoms with Crippen molar-refractivity contribution in [2.75, 3.05) is 13.1 Å². The van der Waals surface area contributed by atoms with Crippen molar-refractivity contribution in [2.45, 2.75) is 31.8 Å². The van der Waals surface area contributed by atoms with Crippen LogP contribution in [-0.4, -0.2) is 42.1 Å². The van der Waals surface area contributed by atoms with E-state index < -0.39 is 10.0 Å². The zero-order valence-electron chi connectivity index (χ0n) is 12.6. The average Bonchev–Trinajstić information content (AvgIpc) is 2.73. The van der Waals surface area contributed by atoms with Crippen LogP contribution >= 0.6 is 0 Å². The summed E-state index contributed by atoms with van der Waals surface area (Å²) in [5.74, 6) is 0.821. The minimum atomic E-state index is -3.58. The minimum Gasteiger partial charge on any atom is -0.472 e. The number of sulfonamides is 1. The van der Waals surface area contributed by atoms with Crippen LogP contribution in [0.3, 0.4) is 0 Å². The minimum absolute atomic E-state index is 0.152. The number of nitrogens with zero attached hydrogens (tertiary/aromatic N) is 3. The van der Waals surface area contributed by atoms with Gasteiger partial charge >= 0.3 is 0 Å². The van der Waals surface area contributed by atoms with Gasteiger partial charge in [0.15, 0.2) is 5.76 Å².